The lowest BCUT2D eigenvalue weighted by molar-refractivity contribution is 0.446. The van der Waals surface area contributed by atoms with Gasteiger partial charge in [-0.2, -0.15) is 0 Å². The second-order valence-electron chi connectivity index (χ2n) is 5.93. The van der Waals surface area contributed by atoms with E-state index in [2.05, 4.69) is 37.4 Å². The molecule has 0 aromatic heterocycles. The van der Waals surface area contributed by atoms with Crippen molar-refractivity contribution >= 4 is 9.84 Å². The number of benzene rings is 1. The molecule has 1 aliphatic heterocycles. The van der Waals surface area contributed by atoms with Crippen molar-refractivity contribution in [3.8, 4) is 0 Å². The first kappa shape index (κ1) is 16.5. The van der Waals surface area contributed by atoms with Gasteiger partial charge in [0.25, 0.3) is 0 Å². The van der Waals surface area contributed by atoms with Gasteiger partial charge >= 0.3 is 0 Å². The smallest absolute Gasteiger partial charge is 0.155 e. The third-order valence-electron chi connectivity index (χ3n) is 4.33. The fourth-order valence-corrected chi connectivity index (χ4v) is 5.23. The third-order valence-corrected chi connectivity index (χ3v) is 6.62. The maximum atomic E-state index is 12.5. The van der Waals surface area contributed by atoms with Crippen LogP contribution in [0.15, 0.2) is 24.3 Å². The van der Waals surface area contributed by atoms with Crippen LogP contribution in [0, 0.1) is 0 Å². The Labute approximate surface area is 129 Å². The van der Waals surface area contributed by atoms with Crippen LogP contribution in [0.2, 0.25) is 0 Å². The van der Waals surface area contributed by atoms with Crippen molar-refractivity contribution < 1.29 is 8.42 Å². The van der Waals surface area contributed by atoms with Crippen LogP contribution < -0.4 is 5.32 Å². The first-order valence-corrected chi connectivity index (χ1v) is 9.83. The van der Waals surface area contributed by atoms with Gasteiger partial charge in [-0.05, 0) is 43.4 Å². The zero-order valence-corrected chi connectivity index (χ0v) is 14.0. The highest BCUT2D eigenvalue weighted by Gasteiger charge is 2.36. The lowest BCUT2D eigenvalue weighted by Crippen LogP contribution is -2.41. The lowest BCUT2D eigenvalue weighted by Gasteiger charge is -2.31. The van der Waals surface area contributed by atoms with E-state index >= 15 is 0 Å². The molecule has 21 heavy (non-hydrogen) atoms. The van der Waals surface area contributed by atoms with E-state index in [0.717, 1.165) is 44.2 Å². The Morgan fingerprint density at radius 1 is 1.29 bits per heavy atom. The summed E-state index contributed by atoms with van der Waals surface area (Å²) in [5.41, 5.74) is 2.39. The summed E-state index contributed by atoms with van der Waals surface area (Å²) in [6.07, 6.45) is 4.60. The van der Waals surface area contributed by atoms with Crippen LogP contribution in [-0.4, -0.2) is 26.0 Å². The molecule has 1 aromatic carbocycles. The van der Waals surface area contributed by atoms with Gasteiger partial charge in [0.05, 0.1) is 11.0 Å². The van der Waals surface area contributed by atoms with Crippen molar-refractivity contribution in [1.82, 2.24) is 5.32 Å². The Hall–Kier alpha value is -0.870. The fourth-order valence-electron chi connectivity index (χ4n) is 3.12. The minimum absolute atomic E-state index is 0.0678. The van der Waals surface area contributed by atoms with Crippen LogP contribution in [0.4, 0.5) is 0 Å². The van der Waals surface area contributed by atoms with Gasteiger partial charge < -0.3 is 5.32 Å². The summed E-state index contributed by atoms with van der Waals surface area (Å²) in [7, 11) is -2.98. The van der Waals surface area contributed by atoms with E-state index in [9.17, 15) is 8.42 Å². The number of hydrogen-bond donors (Lipinski definition) is 1. The molecule has 1 aromatic rings. The maximum absolute atomic E-state index is 12.5. The molecule has 0 bridgehead atoms. The van der Waals surface area contributed by atoms with Crippen molar-refractivity contribution in [2.24, 2.45) is 0 Å². The molecule has 0 radical (unpaired) electrons. The molecule has 4 heteroatoms. The van der Waals surface area contributed by atoms with Crippen molar-refractivity contribution in [2.45, 2.75) is 57.2 Å². The monoisotopic (exact) mass is 309 g/mol. The molecule has 2 unspecified atom stereocenters. The molecule has 2 atom stereocenters. The quantitative estimate of drug-likeness (QED) is 0.877. The second-order valence-corrected chi connectivity index (χ2v) is 8.27. The Kier molecular flexibility index (Phi) is 5.82. The number of hydrogen-bond acceptors (Lipinski definition) is 3. The van der Waals surface area contributed by atoms with Gasteiger partial charge in [-0.3, -0.25) is 0 Å². The average molecular weight is 309 g/mol. The minimum atomic E-state index is -2.98. The van der Waals surface area contributed by atoms with Gasteiger partial charge in [-0.15, -0.1) is 0 Å². The predicted octanol–water partition coefficient (Wildman–Crippen LogP) is 3.26. The highest BCUT2D eigenvalue weighted by atomic mass is 32.2. The van der Waals surface area contributed by atoms with E-state index in [1.54, 1.807) is 0 Å². The van der Waals surface area contributed by atoms with Crippen LogP contribution in [0.5, 0.6) is 0 Å². The molecule has 1 heterocycles. The van der Waals surface area contributed by atoms with Crippen molar-refractivity contribution in [2.75, 3.05) is 12.3 Å². The Balaban J connectivity index is 2.32. The normalized spacial score (nSPS) is 22.9. The number of nitrogens with one attached hydrogen (secondary N) is 1. The molecule has 0 amide bonds. The molecule has 1 fully saturated rings. The predicted molar refractivity (Wildman–Crippen MR) is 88.3 cm³/mol. The number of aryl methyl sites for hydroxylation is 1. The zero-order chi connectivity index (χ0) is 15.3. The molecular weight excluding hydrogens is 282 g/mol. The standard InChI is InChI=1S/C17H27NO2S/c1-3-11-18-17(15-9-7-8-14(4-2)13-15)16-10-5-6-12-21(16,19)20/h7-9,13,16-18H,3-6,10-12H2,1-2H3. The van der Waals surface area contributed by atoms with E-state index < -0.39 is 9.84 Å². The van der Waals surface area contributed by atoms with E-state index in [-0.39, 0.29) is 11.3 Å². The highest BCUT2D eigenvalue weighted by molar-refractivity contribution is 7.92. The van der Waals surface area contributed by atoms with Crippen LogP contribution in [0.25, 0.3) is 0 Å². The third kappa shape index (κ3) is 4.07. The Morgan fingerprint density at radius 3 is 2.76 bits per heavy atom. The Bertz CT molecular complexity index is 554. The van der Waals surface area contributed by atoms with Crippen LogP contribution in [-0.2, 0) is 16.3 Å². The molecule has 1 saturated heterocycles. The molecule has 2 rings (SSSR count). The average Bonchev–Trinajstić information content (AvgIpc) is 2.49. The van der Waals surface area contributed by atoms with Gasteiger partial charge in [-0.25, -0.2) is 8.42 Å². The molecule has 1 N–H and O–H groups in total. The van der Waals surface area contributed by atoms with Crippen LogP contribution in [0.3, 0.4) is 0 Å². The molecule has 1 aliphatic rings. The zero-order valence-electron chi connectivity index (χ0n) is 13.1. The van der Waals surface area contributed by atoms with Crippen molar-refractivity contribution in [3.05, 3.63) is 35.4 Å². The molecule has 0 spiro atoms. The van der Waals surface area contributed by atoms with Gasteiger partial charge in [-0.1, -0.05) is 44.5 Å². The van der Waals surface area contributed by atoms with Crippen molar-refractivity contribution in [1.29, 1.82) is 0 Å². The van der Waals surface area contributed by atoms with Gasteiger partial charge in [0.2, 0.25) is 0 Å². The summed E-state index contributed by atoms with van der Waals surface area (Å²) >= 11 is 0. The lowest BCUT2D eigenvalue weighted by atomic mass is 9.97. The van der Waals surface area contributed by atoms with Crippen LogP contribution in [0.1, 0.15) is 56.7 Å². The van der Waals surface area contributed by atoms with E-state index in [1.165, 1.54) is 5.56 Å². The topological polar surface area (TPSA) is 46.2 Å². The van der Waals surface area contributed by atoms with Crippen LogP contribution >= 0.6 is 0 Å². The molecule has 3 nitrogen and oxygen atoms in total. The fraction of sp³-hybridized carbons (Fsp3) is 0.647. The summed E-state index contributed by atoms with van der Waals surface area (Å²) < 4.78 is 24.9. The molecule has 118 valence electrons. The maximum Gasteiger partial charge on any atom is 0.155 e. The summed E-state index contributed by atoms with van der Waals surface area (Å²) in [6, 6.07) is 8.32. The number of rotatable bonds is 6. The van der Waals surface area contributed by atoms with Gasteiger partial charge in [0.1, 0.15) is 0 Å². The summed E-state index contributed by atoms with van der Waals surface area (Å²) in [5, 5.41) is 3.21. The first-order valence-electron chi connectivity index (χ1n) is 8.12. The summed E-state index contributed by atoms with van der Waals surface area (Å²) in [5.74, 6) is 0.343. The molecular formula is C17H27NO2S. The summed E-state index contributed by atoms with van der Waals surface area (Å²) in [6.45, 7) is 5.10. The molecule has 0 aliphatic carbocycles. The largest absolute Gasteiger partial charge is 0.309 e. The first-order chi connectivity index (χ1) is 10.1. The van der Waals surface area contributed by atoms with E-state index in [1.807, 2.05) is 6.07 Å². The Morgan fingerprint density at radius 2 is 2.10 bits per heavy atom. The number of sulfone groups is 1. The minimum Gasteiger partial charge on any atom is -0.309 e. The summed E-state index contributed by atoms with van der Waals surface area (Å²) in [4.78, 5) is 0. The van der Waals surface area contributed by atoms with Gasteiger partial charge in [0, 0.05) is 6.04 Å². The van der Waals surface area contributed by atoms with E-state index in [4.69, 9.17) is 0 Å². The highest BCUT2D eigenvalue weighted by Crippen LogP contribution is 2.31. The van der Waals surface area contributed by atoms with Crippen molar-refractivity contribution in [3.63, 3.8) is 0 Å². The van der Waals surface area contributed by atoms with E-state index in [0.29, 0.717) is 5.75 Å². The second kappa shape index (κ2) is 7.41. The van der Waals surface area contributed by atoms with Gasteiger partial charge in [0.15, 0.2) is 9.84 Å². The SMILES string of the molecule is CCCNC(c1cccc(CC)c1)C1CCCCS1(=O)=O. The molecule has 0 saturated carbocycles.